The van der Waals surface area contributed by atoms with E-state index < -0.39 is 0 Å². The molecule has 0 fully saturated rings. The number of nitrogens with zero attached hydrogens (tertiary/aromatic N) is 1. The highest BCUT2D eigenvalue weighted by Gasteiger charge is 2.07. The maximum absolute atomic E-state index is 8.68. The van der Waals surface area contributed by atoms with Gasteiger partial charge in [-0.2, -0.15) is 5.26 Å². The van der Waals surface area contributed by atoms with Gasteiger partial charge in [-0.1, -0.05) is 30.3 Å². The van der Waals surface area contributed by atoms with E-state index in [9.17, 15) is 0 Å². The quantitative estimate of drug-likeness (QED) is 0.784. The Labute approximate surface area is 148 Å². The van der Waals surface area contributed by atoms with Gasteiger partial charge in [-0.3, -0.25) is 0 Å². The summed E-state index contributed by atoms with van der Waals surface area (Å²) in [7, 11) is 0. The van der Waals surface area contributed by atoms with Crippen LogP contribution in [0.2, 0.25) is 0 Å². The number of thiocarbonyl (C=S) groups is 1. The molecule has 24 heavy (non-hydrogen) atoms. The van der Waals surface area contributed by atoms with Gasteiger partial charge in [0.2, 0.25) is 0 Å². The first-order valence-electron chi connectivity index (χ1n) is 7.80. The SMILES string of the molecule is Cc1ccccc1OC[C@@H](C)NC(=S)Nc1ccc(CC#N)cc1. The molecule has 0 radical (unpaired) electrons. The molecule has 0 aliphatic heterocycles. The smallest absolute Gasteiger partial charge is 0.171 e. The van der Waals surface area contributed by atoms with Crippen LogP contribution in [0.3, 0.4) is 0 Å². The highest BCUT2D eigenvalue weighted by Crippen LogP contribution is 2.16. The number of ether oxygens (including phenoxy) is 1. The summed E-state index contributed by atoms with van der Waals surface area (Å²) < 4.78 is 5.81. The summed E-state index contributed by atoms with van der Waals surface area (Å²) in [6.07, 6.45) is 0.413. The van der Waals surface area contributed by atoms with Gasteiger partial charge in [0.25, 0.3) is 0 Å². The predicted octanol–water partition coefficient (Wildman–Crippen LogP) is 3.82. The number of anilines is 1. The zero-order chi connectivity index (χ0) is 17.4. The number of hydrogen-bond acceptors (Lipinski definition) is 3. The minimum absolute atomic E-state index is 0.0717. The van der Waals surface area contributed by atoms with Crippen molar-refractivity contribution in [1.29, 1.82) is 5.26 Å². The van der Waals surface area contributed by atoms with Crippen molar-refractivity contribution in [3.8, 4) is 11.8 Å². The van der Waals surface area contributed by atoms with E-state index in [1.165, 1.54) is 0 Å². The molecule has 0 saturated heterocycles. The fourth-order valence-corrected chi connectivity index (χ4v) is 2.48. The van der Waals surface area contributed by atoms with E-state index in [0.717, 1.165) is 22.6 Å². The Morgan fingerprint density at radius 3 is 2.58 bits per heavy atom. The van der Waals surface area contributed by atoms with E-state index in [4.69, 9.17) is 22.2 Å². The number of aryl methyl sites for hydroxylation is 1. The average molecular weight is 339 g/mol. The fraction of sp³-hybridized carbons (Fsp3) is 0.263. The molecule has 124 valence electrons. The Kier molecular flexibility index (Phi) is 6.59. The number of para-hydroxylation sites is 1. The minimum Gasteiger partial charge on any atom is -0.491 e. The normalized spacial score (nSPS) is 11.2. The van der Waals surface area contributed by atoms with Crippen molar-refractivity contribution in [3.05, 3.63) is 59.7 Å². The molecule has 2 rings (SSSR count). The Balaban J connectivity index is 1.79. The third kappa shape index (κ3) is 5.56. The van der Waals surface area contributed by atoms with E-state index >= 15 is 0 Å². The second-order valence-electron chi connectivity index (χ2n) is 5.61. The molecule has 0 bridgehead atoms. The van der Waals surface area contributed by atoms with Crippen molar-refractivity contribution in [3.63, 3.8) is 0 Å². The fourth-order valence-electron chi connectivity index (χ4n) is 2.16. The summed E-state index contributed by atoms with van der Waals surface area (Å²) in [6.45, 7) is 4.56. The predicted molar refractivity (Wildman–Crippen MR) is 101 cm³/mol. The number of benzene rings is 2. The Morgan fingerprint density at radius 2 is 1.92 bits per heavy atom. The zero-order valence-corrected chi connectivity index (χ0v) is 14.7. The molecule has 4 nitrogen and oxygen atoms in total. The van der Waals surface area contributed by atoms with Crippen molar-refractivity contribution in [2.75, 3.05) is 11.9 Å². The lowest BCUT2D eigenvalue weighted by molar-refractivity contribution is 0.285. The van der Waals surface area contributed by atoms with Crippen LogP contribution in [0.25, 0.3) is 0 Å². The van der Waals surface area contributed by atoms with E-state index in [2.05, 4.69) is 16.7 Å². The van der Waals surface area contributed by atoms with E-state index in [1.807, 2.05) is 62.4 Å². The monoisotopic (exact) mass is 339 g/mol. The minimum atomic E-state index is 0.0717. The second-order valence-corrected chi connectivity index (χ2v) is 6.02. The van der Waals surface area contributed by atoms with Crippen LogP contribution in [0.4, 0.5) is 5.69 Å². The topological polar surface area (TPSA) is 57.1 Å². The van der Waals surface area contributed by atoms with E-state index in [0.29, 0.717) is 18.1 Å². The molecule has 0 aromatic heterocycles. The van der Waals surface area contributed by atoms with Gasteiger partial charge in [0.15, 0.2) is 5.11 Å². The lowest BCUT2D eigenvalue weighted by atomic mass is 10.1. The third-order valence-corrected chi connectivity index (χ3v) is 3.67. The highest BCUT2D eigenvalue weighted by molar-refractivity contribution is 7.80. The van der Waals surface area contributed by atoms with Crippen LogP contribution in [-0.4, -0.2) is 17.8 Å². The maximum atomic E-state index is 8.68. The first-order valence-corrected chi connectivity index (χ1v) is 8.21. The Morgan fingerprint density at radius 1 is 1.21 bits per heavy atom. The molecule has 2 aromatic rings. The Bertz CT molecular complexity index is 722. The first kappa shape index (κ1) is 17.8. The van der Waals surface area contributed by atoms with E-state index in [-0.39, 0.29) is 6.04 Å². The van der Waals surface area contributed by atoms with Gasteiger partial charge in [-0.05, 0) is 55.4 Å². The zero-order valence-electron chi connectivity index (χ0n) is 13.9. The summed E-state index contributed by atoms with van der Waals surface area (Å²) >= 11 is 5.32. The van der Waals surface area contributed by atoms with Gasteiger partial charge in [0.1, 0.15) is 12.4 Å². The molecule has 5 heteroatoms. The number of nitriles is 1. The molecule has 0 heterocycles. The summed E-state index contributed by atoms with van der Waals surface area (Å²) in [5.41, 5.74) is 2.99. The molecule has 2 aromatic carbocycles. The summed E-state index contributed by atoms with van der Waals surface area (Å²) in [5.74, 6) is 0.887. The van der Waals surface area contributed by atoms with Crippen LogP contribution in [0.5, 0.6) is 5.75 Å². The van der Waals surface area contributed by atoms with Gasteiger partial charge in [0, 0.05) is 5.69 Å². The molecule has 2 N–H and O–H groups in total. The van der Waals surface area contributed by atoms with Crippen LogP contribution in [-0.2, 0) is 6.42 Å². The lowest BCUT2D eigenvalue weighted by Gasteiger charge is -2.18. The molecule has 0 saturated carbocycles. The van der Waals surface area contributed by atoms with Crippen molar-refractivity contribution in [1.82, 2.24) is 5.32 Å². The maximum Gasteiger partial charge on any atom is 0.171 e. The van der Waals surface area contributed by atoms with Crippen molar-refractivity contribution in [2.45, 2.75) is 26.3 Å². The average Bonchev–Trinajstić information content (AvgIpc) is 2.56. The molecule has 0 unspecified atom stereocenters. The van der Waals surface area contributed by atoms with Crippen LogP contribution in [0, 0.1) is 18.3 Å². The molecule has 0 aliphatic carbocycles. The molecule has 0 spiro atoms. The number of rotatable bonds is 6. The molecule has 0 amide bonds. The van der Waals surface area contributed by atoms with Gasteiger partial charge in [-0.25, -0.2) is 0 Å². The lowest BCUT2D eigenvalue weighted by Crippen LogP contribution is -2.39. The molecular formula is C19H21N3OS. The molecule has 0 aliphatic rings. The van der Waals surface area contributed by atoms with Crippen molar-refractivity contribution < 1.29 is 4.74 Å². The van der Waals surface area contributed by atoms with Gasteiger partial charge in [-0.15, -0.1) is 0 Å². The highest BCUT2D eigenvalue weighted by atomic mass is 32.1. The van der Waals surface area contributed by atoms with Crippen LogP contribution < -0.4 is 15.4 Å². The van der Waals surface area contributed by atoms with Gasteiger partial charge < -0.3 is 15.4 Å². The summed E-state index contributed by atoms with van der Waals surface area (Å²) in [6, 6.07) is 17.8. The number of hydrogen-bond donors (Lipinski definition) is 2. The molecular weight excluding hydrogens is 318 g/mol. The van der Waals surface area contributed by atoms with Gasteiger partial charge in [0.05, 0.1) is 18.5 Å². The second kappa shape index (κ2) is 8.90. The summed E-state index contributed by atoms with van der Waals surface area (Å²) in [5, 5.41) is 15.6. The van der Waals surface area contributed by atoms with Crippen LogP contribution >= 0.6 is 12.2 Å². The van der Waals surface area contributed by atoms with Gasteiger partial charge >= 0.3 is 0 Å². The largest absolute Gasteiger partial charge is 0.491 e. The van der Waals surface area contributed by atoms with Crippen molar-refractivity contribution >= 4 is 23.0 Å². The Hall–Kier alpha value is -2.58. The summed E-state index contributed by atoms with van der Waals surface area (Å²) in [4.78, 5) is 0. The van der Waals surface area contributed by atoms with Crippen molar-refractivity contribution in [2.24, 2.45) is 0 Å². The van der Waals surface area contributed by atoms with Crippen LogP contribution in [0.15, 0.2) is 48.5 Å². The molecule has 1 atom stereocenters. The first-order chi connectivity index (χ1) is 11.6. The van der Waals surface area contributed by atoms with Crippen LogP contribution in [0.1, 0.15) is 18.1 Å². The third-order valence-electron chi connectivity index (χ3n) is 3.45. The number of nitrogens with one attached hydrogen (secondary N) is 2. The standard InChI is InChI=1S/C19H21N3OS/c1-14-5-3-4-6-18(14)23-13-15(2)21-19(24)22-17-9-7-16(8-10-17)11-12-20/h3-10,15H,11,13H2,1-2H3,(H2,21,22,24)/t15-/m1/s1. The van der Waals surface area contributed by atoms with E-state index in [1.54, 1.807) is 0 Å².